The predicted octanol–water partition coefficient (Wildman–Crippen LogP) is 1.84. The number of H-pyrrole nitrogens is 1. The average molecular weight is 256 g/mol. The lowest BCUT2D eigenvalue weighted by molar-refractivity contribution is 0.0343. The third kappa shape index (κ3) is 2.65. The highest BCUT2D eigenvalue weighted by molar-refractivity contribution is 6.28. The summed E-state index contributed by atoms with van der Waals surface area (Å²) in [7, 11) is 1.67. The monoisotopic (exact) mass is 255 g/mol. The maximum Gasteiger partial charge on any atom is 0.226 e. The van der Waals surface area contributed by atoms with Crippen LogP contribution in [0.5, 0.6) is 0 Å². The molecule has 2 N–H and O–H groups in total. The van der Waals surface area contributed by atoms with Gasteiger partial charge >= 0.3 is 0 Å². The van der Waals surface area contributed by atoms with E-state index in [-0.39, 0.29) is 10.9 Å². The number of ether oxygens (including phenoxy) is 1. The van der Waals surface area contributed by atoms with Gasteiger partial charge in [-0.2, -0.15) is 15.1 Å². The average Bonchev–Trinajstić information content (AvgIpc) is 2.73. The minimum Gasteiger partial charge on any atom is -0.377 e. The molecule has 0 bridgehead atoms. The van der Waals surface area contributed by atoms with Crippen molar-refractivity contribution < 1.29 is 4.74 Å². The fraction of sp³-hybridized carbons (Fsp3) is 0.500. The molecule has 2 rings (SSSR count). The van der Waals surface area contributed by atoms with Crippen molar-refractivity contribution in [3.8, 4) is 0 Å². The summed E-state index contributed by atoms with van der Waals surface area (Å²) >= 11 is 5.82. The molecule has 0 aliphatic rings. The van der Waals surface area contributed by atoms with E-state index in [1.54, 1.807) is 13.3 Å². The second-order valence-electron chi connectivity index (χ2n) is 4.29. The van der Waals surface area contributed by atoms with Crippen molar-refractivity contribution in [1.82, 2.24) is 20.2 Å². The first kappa shape index (κ1) is 12.1. The van der Waals surface area contributed by atoms with Gasteiger partial charge < -0.3 is 10.1 Å². The molecule has 0 unspecified atom stereocenters. The summed E-state index contributed by atoms with van der Waals surface area (Å²) in [6, 6.07) is 0. The van der Waals surface area contributed by atoms with Crippen LogP contribution in [0.1, 0.15) is 13.8 Å². The fourth-order valence-electron chi connectivity index (χ4n) is 1.31. The summed E-state index contributed by atoms with van der Waals surface area (Å²) in [5, 5.41) is 10.8. The standard InChI is InChI=1S/C10H14ClN5O/c1-10(2,17-3)5-12-7-6-4-13-16-8(6)15-9(11)14-7/h4H,5H2,1-3H3,(H2,12,13,14,15,16). The SMILES string of the molecule is COC(C)(C)CNc1nc(Cl)nc2[nH]ncc12. The lowest BCUT2D eigenvalue weighted by Crippen LogP contribution is -2.32. The number of aromatic amines is 1. The molecule has 0 radical (unpaired) electrons. The van der Waals surface area contributed by atoms with Gasteiger partial charge in [-0.3, -0.25) is 5.10 Å². The van der Waals surface area contributed by atoms with Crippen LogP contribution in [0.3, 0.4) is 0 Å². The minimum absolute atomic E-state index is 0.180. The molecule has 0 spiro atoms. The van der Waals surface area contributed by atoms with Crippen LogP contribution in [0.2, 0.25) is 5.28 Å². The highest BCUT2D eigenvalue weighted by atomic mass is 35.5. The Balaban J connectivity index is 2.26. The fourth-order valence-corrected chi connectivity index (χ4v) is 1.48. The number of halogens is 1. The van der Waals surface area contributed by atoms with Crippen molar-refractivity contribution >= 4 is 28.5 Å². The maximum absolute atomic E-state index is 5.82. The van der Waals surface area contributed by atoms with Crippen LogP contribution < -0.4 is 5.32 Å². The molecule has 0 aliphatic heterocycles. The van der Waals surface area contributed by atoms with Crippen LogP contribution in [0.4, 0.5) is 5.82 Å². The van der Waals surface area contributed by atoms with E-state index in [0.29, 0.717) is 18.0 Å². The molecule has 0 saturated heterocycles. The molecular weight excluding hydrogens is 242 g/mol. The summed E-state index contributed by atoms with van der Waals surface area (Å²) < 4.78 is 5.32. The van der Waals surface area contributed by atoms with Gasteiger partial charge in [-0.1, -0.05) is 0 Å². The molecule has 2 aromatic rings. The maximum atomic E-state index is 5.82. The first-order valence-electron chi connectivity index (χ1n) is 5.17. The van der Waals surface area contributed by atoms with Gasteiger partial charge in [-0.25, -0.2) is 0 Å². The molecule has 0 fully saturated rings. The minimum atomic E-state index is -0.284. The van der Waals surface area contributed by atoms with E-state index in [0.717, 1.165) is 5.39 Å². The van der Waals surface area contributed by atoms with Crippen molar-refractivity contribution in [2.45, 2.75) is 19.4 Å². The van der Waals surface area contributed by atoms with Gasteiger partial charge in [0.1, 0.15) is 5.82 Å². The van der Waals surface area contributed by atoms with Crippen LogP contribution in [0, 0.1) is 0 Å². The normalized spacial score (nSPS) is 12.0. The summed E-state index contributed by atoms with van der Waals surface area (Å²) in [5.41, 5.74) is 0.329. The Morgan fingerprint density at radius 2 is 2.24 bits per heavy atom. The third-order valence-electron chi connectivity index (χ3n) is 2.52. The van der Waals surface area contributed by atoms with Crippen molar-refractivity contribution in [3.63, 3.8) is 0 Å². The molecule has 2 aromatic heterocycles. The van der Waals surface area contributed by atoms with Crippen molar-refractivity contribution in [2.24, 2.45) is 0 Å². The number of fused-ring (bicyclic) bond motifs is 1. The van der Waals surface area contributed by atoms with E-state index in [9.17, 15) is 0 Å². The number of anilines is 1. The Morgan fingerprint density at radius 1 is 1.47 bits per heavy atom. The summed E-state index contributed by atoms with van der Waals surface area (Å²) in [6.45, 7) is 4.57. The van der Waals surface area contributed by atoms with Crippen LogP contribution in [-0.4, -0.2) is 39.4 Å². The van der Waals surface area contributed by atoms with E-state index in [1.165, 1.54) is 0 Å². The zero-order chi connectivity index (χ0) is 12.5. The van der Waals surface area contributed by atoms with E-state index in [4.69, 9.17) is 16.3 Å². The van der Waals surface area contributed by atoms with Crippen LogP contribution in [0.25, 0.3) is 11.0 Å². The zero-order valence-corrected chi connectivity index (χ0v) is 10.7. The summed E-state index contributed by atoms with van der Waals surface area (Å²) in [5.74, 6) is 0.652. The van der Waals surface area contributed by atoms with Crippen LogP contribution in [0.15, 0.2) is 6.20 Å². The van der Waals surface area contributed by atoms with Crippen molar-refractivity contribution in [3.05, 3.63) is 11.5 Å². The molecular formula is C10H14ClN5O. The Hall–Kier alpha value is -1.40. The van der Waals surface area contributed by atoms with E-state index < -0.39 is 0 Å². The van der Waals surface area contributed by atoms with E-state index in [1.807, 2.05) is 13.8 Å². The summed E-state index contributed by atoms with van der Waals surface area (Å²) in [6.07, 6.45) is 1.66. The van der Waals surface area contributed by atoms with E-state index in [2.05, 4.69) is 25.5 Å². The van der Waals surface area contributed by atoms with Gasteiger partial charge in [0.2, 0.25) is 5.28 Å². The second-order valence-corrected chi connectivity index (χ2v) is 4.63. The summed E-state index contributed by atoms with van der Waals surface area (Å²) in [4.78, 5) is 8.16. The number of hydrogen-bond acceptors (Lipinski definition) is 5. The molecule has 92 valence electrons. The Morgan fingerprint density at radius 3 is 2.94 bits per heavy atom. The van der Waals surface area contributed by atoms with Gasteiger partial charge in [-0.05, 0) is 25.4 Å². The Bertz CT molecular complexity index is 524. The Kier molecular flexibility index (Phi) is 3.17. The molecule has 17 heavy (non-hydrogen) atoms. The lowest BCUT2D eigenvalue weighted by atomic mass is 10.1. The van der Waals surface area contributed by atoms with Gasteiger partial charge in [-0.15, -0.1) is 0 Å². The first-order chi connectivity index (χ1) is 8.02. The third-order valence-corrected chi connectivity index (χ3v) is 2.69. The molecule has 0 atom stereocenters. The molecule has 2 heterocycles. The topological polar surface area (TPSA) is 75.7 Å². The predicted molar refractivity (Wildman–Crippen MR) is 66.3 cm³/mol. The van der Waals surface area contributed by atoms with Gasteiger partial charge in [0.15, 0.2) is 5.65 Å². The highest BCUT2D eigenvalue weighted by Gasteiger charge is 2.17. The number of hydrogen-bond donors (Lipinski definition) is 2. The zero-order valence-electron chi connectivity index (χ0n) is 9.91. The molecule has 6 nitrogen and oxygen atoms in total. The smallest absolute Gasteiger partial charge is 0.226 e. The number of methoxy groups -OCH3 is 1. The highest BCUT2D eigenvalue weighted by Crippen LogP contribution is 2.20. The number of rotatable bonds is 4. The number of aromatic nitrogens is 4. The molecule has 0 aliphatic carbocycles. The van der Waals surface area contributed by atoms with Crippen molar-refractivity contribution in [1.29, 1.82) is 0 Å². The van der Waals surface area contributed by atoms with Crippen molar-refractivity contribution in [2.75, 3.05) is 19.0 Å². The second kappa shape index (κ2) is 4.46. The first-order valence-corrected chi connectivity index (χ1v) is 5.55. The van der Waals surface area contributed by atoms with Crippen LogP contribution >= 0.6 is 11.6 Å². The Labute approximate surface area is 104 Å². The van der Waals surface area contributed by atoms with E-state index >= 15 is 0 Å². The molecule has 0 amide bonds. The number of nitrogens with one attached hydrogen (secondary N) is 2. The number of nitrogens with zero attached hydrogens (tertiary/aromatic N) is 3. The molecule has 0 aromatic carbocycles. The van der Waals surface area contributed by atoms with Gasteiger partial charge in [0.05, 0.1) is 17.2 Å². The largest absolute Gasteiger partial charge is 0.377 e. The van der Waals surface area contributed by atoms with Gasteiger partial charge in [0.25, 0.3) is 0 Å². The quantitative estimate of drug-likeness (QED) is 0.816. The lowest BCUT2D eigenvalue weighted by Gasteiger charge is -2.23. The molecule has 7 heteroatoms. The van der Waals surface area contributed by atoms with Gasteiger partial charge in [0, 0.05) is 13.7 Å². The van der Waals surface area contributed by atoms with Crippen LogP contribution in [-0.2, 0) is 4.74 Å². The molecule has 0 saturated carbocycles.